The smallest absolute Gasteiger partial charge is 0.264 e. The van der Waals surface area contributed by atoms with Gasteiger partial charge in [0, 0.05) is 17.8 Å². The molecule has 0 aliphatic carbocycles. The Kier molecular flexibility index (Phi) is 5.16. The number of H-pyrrole nitrogens is 2. The summed E-state index contributed by atoms with van der Waals surface area (Å²) in [6.45, 7) is 0. The number of carbonyl (C=O) groups excluding carboxylic acids is 1. The minimum Gasteiger partial charge on any atom is -0.354 e. The van der Waals surface area contributed by atoms with Crippen molar-refractivity contribution in [2.45, 2.75) is 12.5 Å². The molecule has 1 atom stereocenters. The van der Waals surface area contributed by atoms with Crippen LogP contribution >= 0.6 is 11.3 Å². The van der Waals surface area contributed by atoms with Gasteiger partial charge in [-0.25, -0.2) is 4.98 Å². The number of hydrogen-bond acceptors (Lipinski definition) is 6. The minimum atomic E-state index is -0.305. The van der Waals surface area contributed by atoms with Crippen LogP contribution in [0.3, 0.4) is 0 Å². The summed E-state index contributed by atoms with van der Waals surface area (Å²) >= 11 is 1.39. The maximum atomic E-state index is 13.2. The standard InChI is InChI=1S/C22H19N7OS/c30-22(27-18(19-13-25-29-28-19)12-14-4-2-1-3-5-14)20-17(8-11-31-20)26-16-7-10-24-21-15(16)6-9-23-21/h1-11,13,18H,12H2,(H,27,30)(H2,23,24,26)(H,25,28,29). The maximum Gasteiger partial charge on any atom is 0.264 e. The zero-order chi connectivity index (χ0) is 21.0. The molecule has 0 bridgehead atoms. The molecule has 4 N–H and O–H groups in total. The predicted molar refractivity (Wildman–Crippen MR) is 120 cm³/mol. The molecule has 0 aliphatic heterocycles. The van der Waals surface area contributed by atoms with Crippen LogP contribution in [0.2, 0.25) is 0 Å². The number of anilines is 2. The zero-order valence-electron chi connectivity index (χ0n) is 16.4. The van der Waals surface area contributed by atoms with E-state index in [0.717, 1.165) is 28.0 Å². The average molecular weight is 430 g/mol. The Morgan fingerprint density at radius 3 is 2.84 bits per heavy atom. The van der Waals surface area contributed by atoms with Crippen molar-refractivity contribution in [1.82, 2.24) is 30.7 Å². The summed E-state index contributed by atoms with van der Waals surface area (Å²) in [7, 11) is 0. The van der Waals surface area contributed by atoms with E-state index in [1.54, 1.807) is 12.4 Å². The molecule has 4 aromatic heterocycles. The summed E-state index contributed by atoms with van der Waals surface area (Å²) in [5.41, 5.74) is 4.21. The second-order valence-corrected chi connectivity index (χ2v) is 7.91. The molecule has 8 nitrogen and oxygen atoms in total. The van der Waals surface area contributed by atoms with E-state index >= 15 is 0 Å². The predicted octanol–water partition coefficient (Wildman–Crippen LogP) is 4.20. The molecule has 31 heavy (non-hydrogen) atoms. The Morgan fingerprint density at radius 2 is 2.00 bits per heavy atom. The second-order valence-electron chi connectivity index (χ2n) is 7.00. The van der Waals surface area contributed by atoms with E-state index in [-0.39, 0.29) is 11.9 Å². The van der Waals surface area contributed by atoms with Crippen LogP contribution in [0.5, 0.6) is 0 Å². The fourth-order valence-electron chi connectivity index (χ4n) is 3.48. The first kappa shape index (κ1) is 19.0. The zero-order valence-corrected chi connectivity index (χ0v) is 17.2. The number of aromatic nitrogens is 5. The third kappa shape index (κ3) is 4.03. The highest BCUT2D eigenvalue weighted by atomic mass is 32.1. The lowest BCUT2D eigenvalue weighted by Crippen LogP contribution is -2.30. The van der Waals surface area contributed by atoms with E-state index in [2.05, 4.69) is 36.0 Å². The van der Waals surface area contributed by atoms with Crippen LogP contribution in [0, 0.1) is 0 Å². The lowest BCUT2D eigenvalue weighted by Gasteiger charge is -2.17. The van der Waals surface area contributed by atoms with Crippen molar-refractivity contribution in [2.24, 2.45) is 0 Å². The number of rotatable bonds is 7. The molecule has 0 radical (unpaired) electrons. The molecule has 0 spiro atoms. The molecular weight excluding hydrogens is 410 g/mol. The number of fused-ring (bicyclic) bond motifs is 1. The normalized spacial score (nSPS) is 12.0. The van der Waals surface area contributed by atoms with Gasteiger partial charge in [-0.15, -0.1) is 11.3 Å². The Hall–Kier alpha value is -3.98. The van der Waals surface area contributed by atoms with Crippen molar-refractivity contribution in [1.29, 1.82) is 0 Å². The number of nitrogens with zero attached hydrogens (tertiary/aromatic N) is 3. The molecule has 9 heteroatoms. The highest BCUT2D eigenvalue weighted by Crippen LogP contribution is 2.30. The number of pyridine rings is 1. The Bertz CT molecular complexity index is 1290. The molecule has 1 amide bonds. The van der Waals surface area contributed by atoms with Gasteiger partial charge in [-0.3, -0.25) is 4.79 Å². The first-order valence-corrected chi connectivity index (χ1v) is 10.6. The number of benzene rings is 1. The van der Waals surface area contributed by atoms with Gasteiger partial charge >= 0.3 is 0 Å². The summed E-state index contributed by atoms with van der Waals surface area (Å²) in [5, 5.41) is 20.1. The summed E-state index contributed by atoms with van der Waals surface area (Å²) in [6, 6.07) is 15.4. The molecular formula is C22H19N7OS. The Morgan fingerprint density at radius 1 is 1.10 bits per heavy atom. The van der Waals surface area contributed by atoms with Gasteiger partial charge in [0.1, 0.15) is 16.2 Å². The fraction of sp³-hybridized carbons (Fsp3) is 0.0909. The van der Waals surface area contributed by atoms with Crippen molar-refractivity contribution in [3.8, 4) is 0 Å². The van der Waals surface area contributed by atoms with Crippen LogP contribution < -0.4 is 10.6 Å². The van der Waals surface area contributed by atoms with Gasteiger partial charge in [-0.1, -0.05) is 30.3 Å². The fourth-order valence-corrected chi connectivity index (χ4v) is 4.23. The van der Waals surface area contributed by atoms with Crippen molar-refractivity contribution in [3.63, 3.8) is 0 Å². The molecule has 5 aromatic rings. The van der Waals surface area contributed by atoms with Crippen molar-refractivity contribution in [3.05, 3.63) is 88.6 Å². The summed E-state index contributed by atoms with van der Waals surface area (Å²) in [6.07, 6.45) is 5.83. The van der Waals surface area contributed by atoms with Crippen LogP contribution in [-0.2, 0) is 6.42 Å². The van der Waals surface area contributed by atoms with E-state index in [1.807, 2.05) is 60.1 Å². The first-order valence-electron chi connectivity index (χ1n) is 9.75. The van der Waals surface area contributed by atoms with Crippen LogP contribution in [0.15, 0.2) is 72.5 Å². The summed E-state index contributed by atoms with van der Waals surface area (Å²) in [5.74, 6) is -0.166. The molecule has 1 unspecified atom stereocenters. The maximum absolute atomic E-state index is 13.2. The third-order valence-electron chi connectivity index (χ3n) is 4.98. The van der Waals surface area contributed by atoms with Gasteiger partial charge in [0.15, 0.2) is 0 Å². The highest BCUT2D eigenvalue weighted by molar-refractivity contribution is 7.12. The molecule has 0 aliphatic rings. The van der Waals surface area contributed by atoms with Crippen LogP contribution in [0.4, 0.5) is 11.4 Å². The topological polar surface area (TPSA) is 111 Å². The van der Waals surface area contributed by atoms with Gasteiger partial charge in [-0.2, -0.15) is 15.4 Å². The Balaban J connectivity index is 1.38. The first-order chi connectivity index (χ1) is 15.3. The number of aromatic amines is 2. The summed E-state index contributed by atoms with van der Waals surface area (Å²) < 4.78 is 0. The molecule has 4 heterocycles. The molecule has 5 rings (SSSR count). The quantitative estimate of drug-likeness (QED) is 0.310. The minimum absolute atomic E-state index is 0.166. The lowest BCUT2D eigenvalue weighted by atomic mass is 10.0. The number of carbonyl (C=O) groups is 1. The molecule has 0 saturated heterocycles. The number of nitrogens with one attached hydrogen (secondary N) is 4. The van der Waals surface area contributed by atoms with Gasteiger partial charge in [0.2, 0.25) is 0 Å². The number of amides is 1. The van der Waals surface area contributed by atoms with Gasteiger partial charge in [0.25, 0.3) is 5.91 Å². The highest BCUT2D eigenvalue weighted by Gasteiger charge is 2.22. The monoisotopic (exact) mass is 429 g/mol. The average Bonchev–Trinajstić information content (AvgIpc) is 3.55. The van der Waals surface area contributed by atoms with Crippen molar-refractivity contribution in [2.75, 3.05) is 5.32 Å². The van der Waals surface area contributed by atoms with Gasteiger partial charge in [0.05, 0.1) is 23.6 Å². The SMILES string of the molecule is O=C(NC(Cc1ccccc1)c1cn[nH]n1)c1sccc1Nc1ccnc2[nH]ccc12. The van der Waals surface area contributed by atoms with Crippen molar-refractivity contribution >= 4 is 39.7 Å². The second kappa shape index (κ2) is 8.41. The molecule has 1 aromatic carbocycles. The van der Waals surface area contributed by atoms with E-state index in [0.29, 0.717) is 17.0 Å². The van der Waals surface area contributed by atoms with Gasteiger partial charge < -0.3 is 15.6 Å². The molecule has 154 valence electrons. The third-order valence-corrected chi connectivity index (χ3v) is 5.89. The van der Waals surface area contributed by atoms with E-state index in [4.69, 9.17) is 0 Å². The Labute approximate surface area is 181 Å². The van der Waals surface area contributed by atoms with Gasteiger partial charge in [-0.05, 0) is 35.6 Å². The van der Waals surface area contributed by atoms with Crippen LogP contribution in [0.25, 0.3) is 11.0 Å². The van der Waals surface area contributed by atoms with Crippen molar-refractivity contribution < 1.29 is 4.79 Å². The van der Waals surface area contributed by atoms with Crippen LogP contribution in [0.1, 0.15) is 27.0 Å². The summed E-state index contributed by atoms with van der Waals surface area (Å²) in [4.78, 5) is 21.2. The largest absolute Gasteiger partial charge is 0.354 e. The molecule has 0 saturated carbocycles. The van der Waals surface area contributed by atoms with E-state index < -0.39 is 0 Å². The number of thiophene rings is 1. The lowest BCUT2D eigenvalue weighted by molar-refractivity contribution is 0.0940. The van der Waals surface area contributed by atoms with E-state index in [1.165, 1.54) is 11.3 Å². The van der Waals surface area contributed by atoms with Crippen LogP contribution in [-0.4, -0.2) is 31.3 Å². The number of hydrogen-bond donors (Lipinski definition) is 4. The van der Waals surface area contributed by atoms with E-state index in [9.17, 15) is 4.79 Å². The molecule has 0 fully saturated rings.